The van der Waals surface area contributed by atoms with E-state index >= 15 is 0 Å². The molecule has 0 unspecified atom stereocenters. The Morgan fingerprint density at radius 2 is 1.97 bits per heavy atom. The van der Waals surface area contributed by atoms with Gasteiger partial charge >= 0.3 is 0 Å². The standard InChI is InChI=1S/C25H26N4O3S/c1-17(2)18-7-4-9-20(13-18)26-23(30)16-33-25-28-27-24(19-8-5-10-21(14-19)31-3)29(25)15-22-11-6-12-32-22/h4-14,17H,15-16H2,1-3H3,(H,26,30). The summed E-state index contributed by atoms with van der Waals surface area (Å²) < 4.78 is 12.8. The van der Waals surface area contributed by atoms with Gasteiger partial charge in [0, 0.05) is 11.3 Å². The van der Waals surface area contributed by atoms with Gasteiger partial charge in [0.05, 0.1) is 25.7 Å². The fraction of sp³-hybridized carbons (Fsp3) is 0.240. The summed E-state index contributed by atoms with van der Waals surface area (Å²) in [4.78, 5) is 12.6. The van der Waals surface area contributed by atoms with Gasteiger partial charge in [-0.05, 0) is 47.9 Å². The molecule has 33 heavy (non-hydrogen) atoms. The molecule has 0 saturated heterocycles. The fourth-order valence-electron chi connectivity index (χ4n) is 3.37. The zero-order chi connectivity index (χ0) is 23.2. The Morgan fingerprint density at radius 1 is 1.12 bits per heavy atom. The molecule has 0 aliphatic rings. The van der Waals surface area contributed by atoms with Crippen LogP contribution < -0.4 is 10.1 Å². The first kappa shape index (κ1) is 22.7. The third-order valence-electron chi connectivity index (χ3n) is 5.11. The lowest BCUT2D eigenvalue weighted by molar-refractivity contribution is -0.113. The minimum Gasteiger partial charge on any atom is -0.497 e. The first-order chi connectivity index (χ1) is 16.0. The van der Waals surface area contributed by atoms with Crippen LogP contribution >= 0.6 is 11.8 Å². The number of carbonyl (C=O) groups is 1. The lowest BCUT2D eigenvalue weighted by atomic mass is 10.0. The second kappa shape index (κ2) is 10.4. The van der Waals surface area contributed by atoms with Gasteiger partial charge in [-0.2, -0.15) is 0 Å². The Morgan fingerprint density at radius 3 is 2.73 bits per heavy atom. The van der Waals surface area contributed by atoms with Crippen LogP contribution in [-0.4, -0.2) is 33.5 Å². The minimum atomic E-state index is -0.101. The Hall–Kier alpha value is -3.52. The Labute approximate surface area is 197 Å². The van der Waals surface area contributed by atoms with E-state index in [0.29, 0.717) is 23.4 Å². The second-order valence-electron chi connectivity index (χ2n) is 7.82. The largest absolute Gasteiger partial charge is 0.497 e. The van der Waals surface area contributed by atoms with Crippen molar-refractivity contribution in [1.29, 1.82) is 0 Å². The maximum Gasteiger partial charge on any atom is 0.234 e. The van der Waals surface area contributed by atoms with Gasteiger partial charge in [0.15, 0.2) is 11.0 Å². The van der Waals surface area contributed by atoms with Crippen LogP contribution in [0.4, 0.5) is 5.69 Å². The molecular weight excluding hydrogens is 436 g/mol. The summed E-state index contributed by atoms with van der Waals surface area (Å²) in [6.45, 7) is 4.71. The summed E-state index contributed by atoms with van der Waals surface area (Å²) in [5.41, 5.74) is 2.85. The number of hydrogen-bond acceptors (Lipinski definition) is 6. The number of carbonyl (C=O) groups excluding carboxylic acids is 1. The number of hydrogen-bond donors (Lipinski definition) is 1. The van der Waals surface area contributed by atoms with Gasteiger partial charge in [0.2, 0.25) is 5.91 Å². The lowest BCUT2D eigenvalue weighted by Gasteiger charge is -2.11. The predicted octanol–water partition coefficient (Wildman–Crippen LogP) is 5.45. The number of anilines is 1. The zero-order valence-electron chi connectivity index (χ0n) is 18.8. The van der Waals surface area contributed by atoms with Crippen molar-refractivity contribution in [1.82, 2.24) is 14.8 Å². The highest BCUT2D eigenvalue weighted by Crippen LogP contribution is 2.28. The molecule has 0 saturated carbocycles. The summed E-state index contributed by atoms with van der Waals surface area (Å²) in [5, 5.41) is 12.4. The van der Waals surface area contributed by atoms with E-state index in [4.69, 9.17) is 9.15 Å². The molecule has 0 spiro atoms. The van der Waals surface area contributed by atoms with Crippen LogP contribution in [0.1, 0.15) is 31.1 Å². The van der Waals surface area contributed by atoms with E-state index in [2.05, 4.69) is 35.4 Å². The number of aromatic nitrogens is 3. The third kappa shape index (κ3) is 5.64. The fourth-order valence-corrected chi connectivity index (χ4v) is 4.11. The van der Waals surface area contributed by atoms with Crippen LogP contribution in [0.5, 0.6) is 5.75 Å². The van der Waals surface area contributed by atoms with Crippen LogP contribution in [0, 0.1) is 0 Å². The van der Waals surface area contributed by atoms with Crippen molar-refractivity contribution in [2.24, 2.45) is 0 Å². The Balaban J connectivity index is 1.52. The number of furan rings is 1. The molecule has 170 valence electrons. The molecule has 0 aliphatic heterocycles. The summed E-state index contributed by atoms with van der Waals surface area (Å²) in [5.74, 6) is 2.69. The molecule has 7 nitrogen and oxygen atoms in total. The van der Waals surface area contributed by atoms with Crippen molar-refractivity contribution >= 4 is 23.4 Å². The third-order valence-corrected chi connectivity index (χ3v) is 6.08. The van der Waals surface area contributed by atoms with Crippen LogP contribution in [0.2, 0.25) is 0 Å². The average molecular weight is 463 g/mol. The second-order valence-corrected chi connectivity index (χ2v) is 8.76. The van der Waals surface area contributed by atoms with E-state index < -0.39 is 0 Å². The normalized spacial score (nSPS) is 11.0. The summed E-state index contributed by atoms with van der Waals surface area (Å²) >= 11 is 1.34. The topological polar surface area (TPSA) is 82.2 Å². The molecule has 0 aliphatic carbocycles. The van der Waals surface area contributed by atoms with E-state index in [1.165, 1.54) is 17.3 Å². The van der Waals surface area contributed by atoms with Crippen LogP contribution in [-0.2, 0) is 11.3 Å². The molecule has 1 N–H and O–H groups in total. The molecule has 2 heterocycles. The van der Waals surface area contributed by atoms with Crippen molar-refractivity contribution in [3.8, 4) is 17.1 Å². The van der Waals surface area contributed by atoms with Crippen LogP contribution in [0.15, 0.2) is 76.5 Å². The van der Waals surface area contributed by atoms with Gasteiger partial charge < -0.3 is 14.5 Å². The van der Waals surface area contributed by atoms with Crippen molar-refractivity contribution in [3.05, 3.63) is 78.3 Å². The number of ether oxygens (including phenoxy) is 1. The first-order valence-electron chi connectivity index (χ1n) is 10.7. The van der Waals surface area contributed by atoms with Gasteiger partial charge in [0.1, 0.15) is 11.5 Å². The monoisotopic (exact) mass is 462 g/mol. The number of nitrogens with zero attached hydrogens (tertiary/aromatic N) is 3. The first-order valence-corrected chi connectivity index (χ1v) is 11.6. The SMILES string of the molecule is COc1cccc(-c2nnc(SCC(=O)Nc3cccc(C(C)C)c3)n2Cc2ccco2)c1. The van der Waals surface area contributed by atoms with E-state index in [0.717, 1.165) is 22.8 Å². The minimum absolute atomic E-state index is 0.101. The molecule has 0 atom stereocenters. The quantitative estimate of drug-likeness (QED) is 0.333. The van der Waals surface area contributed by atoms with E-state index in [-0.39, 0.29) is 11.7 Å². The van der Waals surface area contributed by atoms with E-state index in [1.807, 2.05) is 59.2 Å². The van der Waals surface area contributed by atoms with Crippen molar-refractivity contribution < 1.29 is 13.9 Å². The Bertz CT molecular complexity index is 1220. The molecule has 2 aromatic carbocycles. The molecule has 1 amide bonds. The summed E-state index contributed by atoms with van der Waals surface area (Å²) in [6.07, 6.45) is 1.64. The van der Waals surface area contributed by atoms with Crippen molar-refractivity contribution in [3.63, 3.8) is 0 Å². The van der Waals surface area contributed by atoms with E-state index in [9.17, 15) is 4.79 Å². The Kier molecular flexibility index (Phi) is 7.14. The molecule has 0 radical (unpaired) electrons. The lowest BCUT2D eigenvalue weighted by Crippen LogP contribution is -2.15. The van der Waals surface area contributed by atoms with Crippen molar-refractivity contribution in [2.45, 2.75) is 31.5 Å². The maximum absolute atomic E-state index is 12.6. The molecule has 4 aromatic rings. The number of benzene rings is 2. The number of rotatable bonds is 9. The predicted molar refractivity (Wildman–Crippen MR) is 130 cm³/mol. The van der Waals surface area contributed by atoms with Gasteiger partial charge in [0.25, 0.3) is 0 Å². The molecule has 2 aromatic heterocycles. The van der Waals surface area contributed by atoms with E-state index in [1.54, 1.807) is 13.4 Å². The molecule has 8 heteroatoms. The van der Waals surface area contributed by atoms with Gasteiger partial charge in [-0.1, -0.05) is 49.9 Å². The summed E-state index contributed by atoms with van der Waals surface area (Å²) in [6, 6.07) is 19.3. The van der Waals surface area contributed by atoms with Gasteiger partial charge in [-0.15, -0.1) is 10.2 Å². The van der Waals surface area contributed by atoms with Crippen molar-refractivity contribution in [2.75, 3.05) is 18.2 Å². The van der Waals surface area contributed by atoms with Gasteiger partial charge in [-0.25, -0.2) is 0 Å². The average Bonchev–Trinajstić information content (AvgIpc) is 3.48. The van der Waals surface area contributed by atoms with Crippen LogP contribution in [0.3, 0.4) is 0 Å². The summed E-state index contributed by atoms with van der Waals surface area (Å²) in [7, 11) is 1.63. The highest BCUT2D eigenvalue weighted by molar-refractivity contribution is 7.99. The number of methoxy groups -OCH3 is 1. The smallest absolute Gasteiger partial charge is 0.234 e. The highest BCUT2D eigenvalue weighted by atomic mass is 32.2. The molecule has 4 rings (SSSR count). The number of thioether (sulfide) groups is 1. The zero-order valence-corrected chi connectivity index (χ0v) is 19.6. The van der Waals surface area contributed by atoms with Gasteiger partial charge in [-0.3, -0.25) is 9.36 Å². The molecule has 0 fully saturated rings. The van der Waals surface area contributed by atoms with Crippen LogP contribution in [0.25, 0.3) is 11.4 Å². The molecular formula is C25H26N4O3S. The number of amides is 1. The molecule has 0 bridgehead atoms. The highest BCUT2D eigenvalue weighted by Gasteiger charge is 2.17. The number of nitrogens with one attached hydrogen (secondary N) is 1. The maximum atomic E-state index is 12.6.